The lowest BCUT2D eigenvalue weighted by Crippen LogP contribution is -2.10. The van der Waals surface area contributed by atoms with Crippen molar-refractivity contribution in [2.75, 3.05) is 19.7 Å². The molecule has 0 radical (unpaired) electrons. The minimum atomic E-state index is 0.782. The maximum atomic E-state index is 4.90. The second-order valence-corrected chi connectivity index (χ2v) is 2.08. The Hall–Kier alpha value is 0.270. The average molecular weight is 105 g/mol. The lowest BCUT2D eigenvalue weighted by atomic mass is 10.9. The molecule has 1 aliphatic rings. The lowest BCUT2D eigenvalue weighted by molar-refractivity contribution is 0.241. The summed E-state index contributed by atoms with van der Waals surface area (Å²) in [6.45, 7) is 0.782. The highest BCUT2D eigenvalue weighted by Gasteiger charge is 2.04. The molecule has 1 fully saturated rings. The molecule has 0 bridgehead atoms. The molecule has 0 saturated carbocycles. The molecular weight excluding hydrogens is 98.1 g/mol. The van der Waals surface area contributed by atoms with Gasteiger partial charge in [0, 0.05) is 12.0 Å². The van der Waals surface area contributed by atoms with Crippen molar-refractivity contribution in [1.82, 2.24) is 4.90 Å². The maximum absolute atomic E-state index is 4.90. The topological polar surface area (TPSA) is 12.5 Å². The van der Waals surface area contributed by atoms with Crippen LogP contribution in [-0.2, 0) is 4.18 Å². The van der Waals surface area contributed by atoms with Gasteiger partial charge in [-0.2, -0.15) is 0 Å². The van der Waals surface area contributed by atoms with Crippen molar-refractivity contribution in [3.05, 3.63) is 0 Å². The van der Waals surface area contributed by atoms with Crippen molar-refractivity contribution in [3.8, 4) is 0 Å². The van der Waals surface area contributed by atoms with Crippen LogP contribution in [0.5, 0.6) is 0 Å². The third-order valence-electron chi connectivity index (χ3n) is 0.630. The SMILES string of the molecule is CN1COSC1. The van der Waals surface area contributed by atoms with Gasteiger partial charge < -0.3 is 0 Å². The molecule has 0 spiro atoms. The van der Waals surface area contributed by atoms with Gasteiger partial charge in [0.2, 0.25) is 0 Å². The summed E-state index contributed by atoms with van der Waals surface area (Å²) in [6.07, 6.45) is 0. The zero-order valence-corrected chi connectivity index (χ0v) is 4.49. The molecule has 1 rings (SSSR count). The van der Waals surface area contributed by atoms with Crippen LogP contribution in [0.4, 0.5) is 0 Å². The van der Waals surface area contributed by atoms with Crippen LogP contribution in [0.25, 0.3) is 0 Å². The van der Waals surface area contributed by atoms with Gasteiger partial charge in [0.15, 0.2) is 0 Å². The number of hydrogen-bond donors (Lipinski definition) is 0. The van der Waals surface area contributed by atoms with Gasteiger partial charge in [-0.1, -0.05) is 0 Å². The molecule has 0 aromatic carbocycles. The Morgan fingerprint density at radius 1 is 1.83 bits per heavy atom. The Bertz CT molecular complexity index is 44.1. The first-order chi connectivity index (χ1) is 2.89. The Labute approximate surface area is 41.7 Å². The van der Waals surface area contributed by atoms with Gasteiger partial charge in [-0.15, -0.1) is 0 Å². The molecule has 0 aromatic heterocycles. The fourth-order valence-electron chi connectivity index (χ4n) is 0.292. The maximum Gasteiger partial charge on any atom is 0.114 e. The van der Waals surface area contributed by atoms with Crippen LogP contribution >= 0.6 is 12.0 Å². The van der Waals surface area contributed by atoms with E-state index in [4.69, 9.17) is 4.18 Å². The third kappa shape index (κ3) is 0.864. The van der Waals surface area contributed by atoms with E-state index in [1.165, 1.54) is 12.0 Å². The summed E-state index contributed by atoms with van der Waals surface area (Å²) in [7, 11) is 2.03. The van der Waals surface area contributed by atoms with E-state index in [2.05, 4.69) is 4.90 Å². The van der Waals surface area contributed by atoms with E-state index in [9.17, 15) is 0 Å². The van der Waals surface area contributed by atoms with E-state index < -0.39 is 0 Å². The molecule has 3 heteroatoms. The van der Waals surface area contributed by atoms with E-state index in [0.29, 0.717) is 0 Å². The highest BCUT2D eigenvalue weighted by Crippen LogP contribution is 2.11. The molecule has 36 valence electrons. The first-order valence-corrected chi connectivity index (χ1v) is 2.73. The molecular formula is C3H7NOS. The Morgan fingerprint density at radius 2 is 2.67 bits per heavy atom. The number of rotatable bonds is 0. The monoisotopic (exact) mass is 105 g/mol. The summed E-state index contributed by atoms with van der Waals surface area (Å²) >= 11 is 1.51. The van der Waals surface area contributed by atoms with Crippen LogP contribution < -0.4 is 0 Å². The van der Waals surface area contributed by atoms with E-state index in [-0.39, 0.29) is 0 Å². The van der Waals surface area contributed by atoms with Crippen LogP contribution in [0.3, 0.4) is 0 Å². The standard InChI is InChI=1S/C3H7NOS/c1-4-2-5-6-3-4/h2-3H2,1H3. The fraction of sp³-hybridized carbons (Fsp3) is 1.00. The lowest BCUT2D eigenvalue weighted by Gasteiger charge is -1.96. The molecule has 0 atom stereocenters. The van der Waals surface area contributed by atoms with Gasteiger partial charge in [-0.25, -0.2) is 0 Å². The van der Waals surface area contributed by atoms with E-state index in [0.717, 1.165) is 12.6 Å². The van der Waals surface area contributed by atoms with Crippen LogP contribution in [-0.4, -0.2) is 24.6 Å². The van der Waals surface area contributed by atoms with Gasteiger partial charge in [0.05, 0.1) is 5.88 Å². The summed E-state index contributed by atoms with van der Waals surface area (Å²) < 4.78 is 4.90. The summed E-state index contributed by atoms with van der Waals surface area (Å²) in [5, 5.41) is 0. The molecule has 1 aliphatic heterocycles. The molecule has 0 unspecified atom stereocenters. The second-order valence-electron chi connectivity index (χ2n) is 1.35. The molecule has 1 heterocycles. The third-order valence-corrected chi connectivity index (χ3v) is 1.45. The molecule has 0 aliphatic carbocycles. The van der Waals surface area contributed by atoms with E-state index in [1.54, 1.807) is 0 Å². The van der Waals surface area contributed by atoms with E-state index >= 15 is 0 Å². The molecule has 2 nitrogen and oxygen atoms in total. The van der Waals surface area contributed by atoms with Crippen molar-refractivity contribution in [2.24, 2.45) is 0 Å². The van der Waals surface area contributed by atoms with Gasteiger partial charge in [-0.3, -0.25) is 9.08 Å². The first kappa shape index (κ1) is 4.43. The van der Waals surface area contributed by atoms with Crippen molar-refractivity contribution < 1.29 is 4.18 Å². The van der Waals surface area contributed by atoms with Crippen LogP contribution in [0.2, 0.25) is 0 Å². The predicted octanol–water partition coefficient (Wildman–Crippen LogP) is 0.512. The van der Waals surface area contributed by atoms with Gasteiger partial charge in [0.25, 0.3) is 0 Å². The molecule has 0 amide bonds. The summed E-state index contributed by atoms with van der Waals surface area (Å²) in [5.41, 5.74) is 0. The average Bonchev–Trinajstić information content (AvgIpc) is 1.86. The van der Waals surface area contributed by atoms with Gasteiger partial charge in [0.1, 0.15) is 6.73 Å². The normalized spacial score (nSPS) is 25.5. The van der Waals surface area contributed by atoms with Crippen molar-refractivity contribution in [1.29, 1.82) is 0 Å². The van der Waals surface area contributed by atoms with Crippen LogP contribution in [0.1, 0.15) is 0 Å². The van der Waals surface area contributed by atoms with Crippen molar-refractivity contribution in [3.63, 3.8) is 0 Å². The zero-order valence-electron chi connectivity index (χ0n) is 3.68. The van der Waals surface area contributed by atoms with Gasteiger partial charge >= 0.3 is 0 Å². The van der Waals surface area contributed by atoms with Gasteiger partial charge in [-0.05, 0) is 7.05 Å². The Morgan fingerprint density at radius 3 is 2.83 bits per heavy atom. The summed E-state index contributed by atoms with van der Waals surface area (Å²) in [6, 6.07) is 0. The highest BCUT2D eigenvalue weighted by atomic mass is 32.2. The van der Waals surface area contributed by atoms with Crippen LogP contribution in [0.15, 0.2) is 0 Å². The molecule has 0 aromatic rings. The quantitative estimate of drug-likeness (QED) is 0.416. The van der Waals surface area contributed by atoms with Crippen molar-refractivity contribution in [2.45, 2.75) is 0 Å². The van der Waals surface area contributed by atoms with E-state index in [1.807, 2.05) is 7.05 Å². The summed E-state index contributed by atoms with van der Waals surface area (Å²) in [5.74, 6) is 1.01. The number of nitrogens with zero attached hydrogens (tertiary/aromatic N) is 1. The van der Waals surface area contributed by atoms with Crippen molar-refractivity contribution >= 4 is 12.0 Å². The second kappa shape index (κ2) is 1.82. The van der Waals surface area contributed by atoms with Crippen LogP contribution in [0, 0.1) is 0 Å². The highest BCUT2D eigenvalue weighted by molar-refractivity contribution is 7.94. The number of hydrogen-bond acceptors (Lipinski definition) is 3. The fourth-order valence-corrected chi connectivity index (χ4v) is 0.875. The predicted molar refractivity (Wildman–Crippen MR) is 26.2 cm³/mol. The minimum Gasteiger partial charge on any atom is -0.298 e. The zero-order chi connectivity index (χ0) is 4.41. The molecule has 6 heavy (non-hydrogen) atoms. The minimum absolute atomic E-state index is 0.782. The molecule has 1 saturated heterocycles. The Balaban J connectivity index is 2.18. The Kier molecular flexibility index (Phi) is 1.34. The largest absolute Gasteiger partial charge is 0.298 e. The summed E-state index contributed by atoms with van der Waals surface area (Å²) in [4.78, 5) is 2.10. The molecule has 0 N–H and O–H groups in total. The smallest absolute Gasteiger partial charge is 0.114 e. The first-order valence-electron chi connectivity index (χ1n) is 1.82.